The van der Waals surface area contributed by atoms with Gasteiger partial charge in [0.2, 0.25) is 5.89 Å². The van der Waals surface area contributed by atoms with Crippen molar-refractivity contribution in [2.75, 3.05) is 20.8 Å². The predicted octanol–water partition coefficient (Wildman–Crippen LogP) is 3.66. The third-order valence-corrected chi connectivity index (χ3v) is 4.64. The van der Waals surface area contributed by atoms with Gasteiger partial charge in [-0.3, -0.25) is 0 Å². The Morgan fingerprint density at radius 1 is 1.11 bits per heavy atom. The molecular formula is C22H26N2O4. The van der Waals surface area contributed by atoms with Crippen molar-refractivity contribution < 1.29 is 19.0 Å². The number of ether oxygens (including phenoxy) is 2. The van der Waals surface area contributed by atoms with E-state index in [4.69, 9.17) is 19.6 Å². The van der Waals surface area contributed by atoms with Gasteiger partial charge in [-0.2, -0.15) is 0 Å². The molecule has 0 saturated heterocycles. The van der Waals surface area contributed by atoms with Gasteiger partial charge in [0.05, 0.1) is 20.8 Å². The smallest absolute Gasteiger partial charge is 0.220 e. The summed E-state index contributed by atoms with van der Waals surface area (Å²) in [6, 6.07) is 11.6. The highest BCUT2D eigenvalue weighted by Gasteiger charge is 2.16. The van der Waals surface area contributed by atoms with Gasteiger partial charge in [-0.15, -0.1) is 0 Å². The number of aromatic nitrogens is 1. The van der Waals surface area contributed by atoms with Gasteiger partial charge < -0.3 is 24.7 Å². The third kappa shape index (κ3) is 4.71. The van der Waals surface area contributed by atoms with Crippen LogP contribution in [0.2, 0.25) is 0 Å². The van der Waals surface area contributed by atoms with Gasteiger partial charge in [0.15, 0.2) is 17.1 Å². The molecule has 0 amide bonds. The molecule has 3 N–H and O–H groups in total. The number of aliphatic hydroxyl groups excluding tert-OH is 1. The van der Waals surface area contributed by atoms with E-state index < -0.39 is 5.54 Å². The summed E-state index contributed by atoms with van der Waals surface area (Å²) in [7, 11) is 3.22. The monoisotopic (exact) mass is 382 g/mol. The number of nitrogens with zero attached hydrogens (tertiary/aromatic N) is 1. The summed E-state index contributed by atoms with van der Waals surface area (Å²) in [6.45, 7) is 1.81. The number of hydrogen-bond donors (Lipinski definition) is 2. The quantitative estimate of drug-likeness (QED) is 0.618. The van der Waals surface area contributed by atoms with E-state index in [1.165, 1.54) is 0 Å². The number of fused-ring (bicyclic) bond motifs is 1. The fraction of sp³-hybridized carbons (Fsp3) is 0.318. The maximum Gasteiger partial charge on any atom is 0.220 e. The number of benzene rings is 2. The van der Waals surface area contributed by atoms with E-state index in [0.29, 0.717) is 23.8 Å². The molecule has 1 heterocycles. The van der Waals surface area contributed by atoms with Crippen LogP contribution < -0.4 is 15.2 Å². The highest BCUT2D eigenvalue weighted by Crippen LogP contribution is 2.28. The minimum atomic E-state index is -0.577. The summed E-state index contributed by atoms with van der Waals surface area (Å²) in [6.07, 6.45) is 5.20. The third-order valence-electron chi connectivity index (χ3n) is 4.64. The van der Waals surface area contributed by atoms with Crippen LogP contribution in [0.25, 0.3) is 23.3 Å². The Hall–Kier alpha value is -2.83. The normalized spacial score (nSPS) is 13.8. The van der Waals surface area contributed by atoms with Gasteiger partial charge in [-0.1, -0.05) is 12.1 Å². The molecule has 6 heteroatoms. The van der Waals surface area contributed by atoms with E-state index in [0.717, 1.165) is 28.6 Å². The number of hydrogen-bond acceptors (Lipinski definition) is 6. The Balaban J connectivity index is 1.76. The number of nitrogens with two attached hydrogens (primary N) is 1. The second-order valence-electron chi connectivity index (χ2n) is 7.11. The Kier molecular flexibility index (Phi) is 6.02. The first kappa shape index (κ1) is 19.9. The van der Waals surface area contributed by atoms with Gasteiger partial charge in [0, 0.05) is 11.6 Å². The van der Waals surface area contributed by atoms with E-state index >= 15 is 0 Å². The molecule has 0 radical (unpaired) electrons. The molecule has 1 unspecified atom stereocenters. The molecule has 0 bridgehead atoms. The first-order chi connectivity index (χ1) is 13.4. The van der Waals surface area contributed by atoms with Crippen LogP contribution in [0.15, 0.2) is 40.8 Å². The van der Waals surface area contributed by atoms with Gasteiger partial charge in [-0.25, -0.2) is 4.98 Å². The SMILES string of the molecule is COc1ccc(C=Cc2nc3cc(CCC(C)(N)CO)ccc3o2)cc1OC. The lowest BCUT2D eigenvalue weighted by Crippen LogP contribution is -2.40. The second kappa shape index (κ2) is 8.46. The first-order valence-electron chi connectivity index (χ1n) is 9.13. The number of aryl methyl sites for hydroxylation is 1. The van der Waals surface area contributed by atoms with E-state index in [1.54, 1.807) is 14.2 Å². The zero-order valence-electron chi connectivity index (χ0n) is 16.4. The van der Waals surface area contributed by atoms with E-state index in [9.17, 15) is 5.11 Å². The number of rotatable bonds is 8. The largest absolute Gasteiger partial charge is 0.493 e. The molecule has 3 aromatic rings. The summed E-state index contributed by atoms with van der Waals surface area (Å²) < 4.78 is 16.4. The summed E-state index contributed by atoms with van der Waals surface area (Å²) in [5.41, 5.74) is 9.02. The Morgan fingerprint density at radius 2 is 1.89 bits per heavy atom. The molecule has 6 nitrogen and oxygen atoms in total. The highest BCUT2D eigenvalue weighted by atomic mass is 16.5. The molecule has 0 aliphatic heterocycles. The molecule has 28 heavy (non-hydrogen) atoms. The van der Waals surface area contributed by atoms with Crippen LogP contribution in [0.1, 0.15) is 30.4 Å². The highest BCUT2D eigenvalue weighted by molar-refractivity contribution is 5.77. The second-order valence-corrected chi connectivity index (χ2v) is 7.11. The Labute approximate surface area is 164 Å². The van der Waals surface area contributed by atoms with Gasteiger partial charge >= 0.3 is 0 Å². The van der Waals surface area contributed by atoms with Crippen LogP contribution in [0, 0.1) is 0 Å². The Morgan fingerprint density at radius 3 is 2.61 bits per heavy atom. The van der Waals surface area contributed by atoms with Crippen molar-refractivity contribution in [2.45, 2.75) is 25.3 Å². The topological polar surface area (TPSA) is 90.7 Å². The molecule has 0 spiro atoms. The Bertz CT molecular complexity index is 976. The van der Waals surface area contributed by atoms with Gasteiger partial charge in [0.25, 0.3) is 0 Å². The van der Waals surface area contributed by atoms with Crippen LogP contribution in [0.4, 0.5) is 0 Å². The standard InChI is InChI=1S/C22H26N2O4/c1-22(23,14-25)11-10-16-4-7-18-17(12-16)24-21(28-18)9-6-15-5-8-19(26-2)20(13-15)27-3/h4-9,12-13,25H,10-11,14,23H2,1-3H3. The zero-order chi connectivity index (χ0) is 20.1. The van der Waals surface area contributed by atoms with Crippen LogP contribution in [0.5, 0.6) is 11.5 Å². The maximum absolute atomic E-state index is 9.29. The fourth-order valence-corrected chi connectivity index (χ4v) is 2.85. The minimum Gasteiger partial charge on any atom is -0.493 e. The molecule has 3 rings (SSSR count). The molecule has 0 saturated carbocycles. The lowest BCUT2D eigenvalue weighted by atomic mass is 9.95. The maximum atomic E-state index is 9.29. The lowest BCUT2D eigenvalue weighted by Gasteiger charge is -2.21. The van der Waals surface area contributed by atoms with Crippen molar-refractivity contribution in [3.63, 3.8) is 0 Å². The fourth-order valence-electron chi connectivity index (χ4n) is 2.85. The van der Waals surface area contributed by atoms with Crippen LogP contribution in [-0.4, -0.2) is 36.5 Å². The van der Waals surface area contributed by atoms with Crippen LogP contribution in [0.3, 0.4) is 0 Å². The molecule has 1 aromatic heterocycles. The minimum absolute atomic E-state index is 0.0374. The predicted molar refractivity (Wildman–Crippen MR) is 110 cm³/mol. The van der Waals surface area contributed by atoms with Gasteiger partial charge in [-0.05, 0) is 61.2 Å². The summed E-state index contributed by atoms with van der Waals surface area (Å²) in [4.78, 5) is 4.54. The zero-order valence-corrected chi connectivity index (χ0v) is 16.4. The average Bonchev–Trinajstić information content (AvgIpc) is 3.12. The molecule has 2 aromatic carbocycles. The number of methoxy groups -OCH3 is 2. The van der Waals surface area contributed by atoms with Crippen molar-refractivity contribution in [3.8, 4) is 11.5 Å². The summed E-state index contributed by atoms with van der Waals surface area (Å²) in [5, 5.41) is 9.29. The van der Waals surface area contributed by atoms with Gasteiger partial charge in [0.1, 0.15) is 5.52 Å². The summed E-state index contributed by atoms with van der Waals surface area (Å²) in [5.74, 6) is 1.88. The van der Waals surface area contributed by atoms with Crippen molar-refractivity contribution in [1.82, 2.24) is 4.98 Å². The lowest BCUT2D eigenvalue weighted by molar-refractivity contribution is 0.200. The van der Waals surface area contributed by atoms with E-state index in [1.807, 2.05) is 55.5 Å². The molecule has 0 aliphatic carbocycles. The molecule has 0 fully saturated rings. The number of oxazole rings is 1. The molecular weight excluding hydrogens is 356 g/mol. The molecule has 0 aliphatic rings. The van der Waals surface area contributed by atoms with Crippen LogP contribution in [-0.2, 0) is 6.42 Å². The van der Waals surface area contributed by atoms with Crippen molar-refractivity contribution in [3.05, 3.63) is 53.4 Å². The molecule has 1 atom stereocenters. The average molecular weight is 382 g/mol. The summed E-state index contributed by atoms with van der Waals surface area (Å²) >= 11 is 0. The van der Waals surface area contributed by atoms with Crippen LogP contribution >= 0.6 is 0 Å². The van der Waals surface area contributed by atoms with E-state index in [2.05, 4.69) is 4.98 Å². The van der Waals surface area contributed by atoms with Crippen molar-refractivity contribution >= 4 is 23.3 Å². The first-order valence-corrected chi connectivity index (χ1v) is 9.13. The van der Waals surface area contributed by atoms with Crippen molar-refractivity contribution in [2.24, 2.45) is 5.73 Å². The van der Waals surface area contributed by atoms with E-state index in [-0.39, 0.29) is 6.61 Å². The molecule has 148 valence electrons. The van der Waals surface area contributed by atoms with Crippen molar-refractivity contribution in [1.29, 1.82) is 0 Å². The number of aliphatic hydroxyl groups is 1.